The minimum Gasteiger partial charge on any atom is -0.381 e. The van der Waals surface area contributed by atoms with Crippen LogP contribution >= 0.6 is 0 Å². The number of hydrogen-bond donors (Lipinski definition) is 0. The predicted molar refractivity (Wildman–Crippen MR) is 93.9 cm³/mol. The van der Waals surface area contributed by atoms with Crippen LogP contribution < -0.4 is 0 Å². The summed E-state index contributed by atoms with van der Waals surface area (Å²) in [5, 5.41) is 0. The first-order valence-corrected chi connectivity index (χ1v) is 9.21. The SMILES string of the molecule is C=CC1CC(/C=C/CCCCCC)C(COCCC(C)(F)F)C1. The Morgan fingerprint density at radius 2 is 2.00 bits per heavy atom. The molecule has 3 heteroatoms. The molecule has 1 fully saturated rings. The second kappa shape index (κ2) is 11.0. The standard InChI is InChI=1S/C20H34F2O/c1-4-6-7-8-9-10-11-18-14-17(5-2)15-19(18)16-23-13-12-20(3,21)22/h5,10-11,17-19H,2,4,6-9,12-16H2,1,3H3/b11-10+. The van der Waals surface area contributed by atoms with Gasteiger partial charge in [-0.2, -0.15) is 0 Å². The van der Waals surface area contributed by atoms with Crippen molar-refractivity contribution in [2.45, 2.75) is 71.1 Å². The topological polar surface area (TPSA) is 9.23 Å². The first-order chi connectivity index (χ1) is 11.0. The van der Waals surface area contributed by atoms with E-state index in [2.05, 4.69) is 25.7 Å². The summed E-state index contributed by atoms with van der Waals surface area (Å²) in [5.41, 5.74) is 0. The van der Waals surface area contributed by atoms with Gasteiger partial charge < -0.3 is 4.74 Å². The Balaban J connectivity index is 2.32. The van der Waals surface area contributed by atoms with Crippen molar-refractivity contribution in [1.29, 1.82) is 0 Å². The lowest BCUT2D eigenvalue weighted by Crippen LogP contribution is -2.18. The third-order valence-electron chi connectivity index (χ3n) is 4.74. The summed E-state index contributed by atoms with van der Waals surface area (Å²) in [6.07, 6.45) is 14.9. The van der Waals surface area contributed by atoms with Crippen LogP contribution in [0.15, 0.2) is 24.8 Å². The minimum absolute atomic E-state index is 0.145. The fraction of sp³-hybridized carbons (Fsp3) is 0.800. The molecular weight excluding hydrogens is 294 g/mol. The highest BCUT2D eigenvalue weighted by Crippen LogP contribution is 2.38. The van der Waals surface area contributed by atoms with E-state index in [1.165, 1.54) is 25.7 Å². The zero-order chi connectivity index (χ0) is 17.1. The fourth-order valence-corrected chi connectivity index (χ4v) is 3.27. The van der Waals surface area contributed by atoms with Gasteiger partial charge in [-0.15, -0.1) is 6.58 Å². The zero-order valence-electron chi connectivity index (χ0n) is 14.9. The third-order valence-corrected chi connectivity index (χ3v) is 4.74. The highest BCUT2D eigenvalue weighted by molar-refractivity contribution is 5.00. The summed E-state index contributed by atoms with van der Waals surface area (Å²) >= 11 is 0. The Bertz CT molecular complexity index is 346. The van der Waals surface area contributed by atoms with E-state index in [9.17, 15) is 8.78 Å². The Morgan fingerprint density at radius 1 is 1.22 bits per heavy atom. The van der Waals surface area contributed by atoms with Crippen LogP contribution in [0.25, 0.3) is 0 Å². The molecule has 0 N–H and O–H groups in total. The van der Waals surface area contributed by atoms with Crippen LogP contribution in [-0.4, -0.2) is 19.1 Å². The van der Waals surface area contributed by atoms with E-state index in [4.69, 9.17) is 4.74 Å². The number of halogens is 2. The van der Waals surface area contributed by atoms with Gasteiger partial charge >= 0.3 is 0 Å². The van der Waals surface area contributed by atoms with Gasteiger partial charge in [-0.25, -0.2) is 8.78 Å². The third kappa shape index (κ3) is 9.24. The van der Waals surface area contributed by atoms with Crippen molar-refractivity contribution >= 4 is 0 Å². The molecule has 1 nitrogen and oxygen atoms in total. The normalized spacial score (nSPS) is 25.3. The van der Waals surface area contributed by atoms with Crippen LogP contribution in [0, 0.1) is 17.8 Å². The summed E-state index contributed by atoms with van der Waals surface area (Å²) < 4.78 is 31.1. The van der Waals surface area contributed by atoms with Gasteiger partial charge in [-0.3, -0.25) is 0 Å². The lowest BCUT2D eigenvalue weighted by molar-refractivity contribution is -0.0222. The molecule has 1 aliphatic carbocycles. The van der Waals surface area contributed by atoms with E-state index >= 15 is 0 Å². The van der Waals surface area contributed by atoms with Gasteiger partial charge in [-0.1, -0.05) is 44.4 Å². The molecule has 0 amide bonds. The van der Waals surface area contributed by atoms with Crippen molar-refractivity contribution in [3.8, 4) is 0 Å². The molecule has 1 aliphatic rings. The van der Waals surface area contributed by atoms with Crippen molar-refractivity contribution in [3.63, 3.8) is 0 Å². The van der Waals surface area contributed by atoms with E-state index in [1.807, 2.05) is 6.08 Å². The van der Waals surface area contributed by atoms with Gasteiger partial charge in [-0.05, 0) is 50.4 Å². The monoisotopic (exact) mass is 328 g/mol. The Morgan fingerprint density at radius 3 is 2.65 bits per heavy atom. The van der Waals surface area contributed by atoms with Crippen molar-refractivity contribution < 1.29 is 13.5 Å². The Labute approximate surface area is 141 Å². The van der Waals surface area contributed by atoms with Crippen molar-refractivity contribution in [1.82, 2.24) is 0 Å². The first-order valence-electron chi connectivity index (χ1n) is 9.21. The highest BCUT2D eigenvalue weighted by atomic mass is 19.3. The molecule has 0 saturated heterocycles. The van der Waals surface area contributed by atoms with Crippen LogP contribution in [0.5, 0.6) is 0 Å². The maximum absolute atomic E-state index is 12.8. The van der Waals surface area contributed by atoms with Gasteiger partial charge in [0.05, 0.1) is 6.61 Å². The molecule has 0 aromatic heterocycles. The number of alkyl halides is 2. The van der Waals surface area contributed by atoms with E-state index in [0.29, 0.717) is 24.4 Å². The number of allylic oxidation sites excluding steroid dienone is 3. The van der Waals surface area contributed by atoms with Gasteiger partial charge in [0.1, 0.15) is 0 Å². The second-order valence-electron chi connectivity index (χ2n) is 7.06. The van der Waals surface area contributed by atoms with Crippen molar-refractivity contribution in [2.75, 3.05) is 13.2 Å². The van der Waals surface area contributed by atoms with E-state index < -0.39 is 5.92 Å². The number of rotatable bonds is 12. The minimum atomic E-state index is -2.63. The molecule has 0 heterocycles. The second-order valence-corrected chi connectivity index (χ2v) is 7.06. The molecule has 3 atom stereocenters. The lowest BCUT2D eigenvalue weighted by Gasteiger charge is -2.17. The molecule has 3 unspecified atom stereocenters. The zero-order valence-corrected chi connectivity index (χ0v) is 14.9. The smallest absolute Gasteiger partial charge is 0.247 e. The first kappa shape index (κ1) is 20.3. The molecule has 0 aliphatic heterocycles. The predicted octanol–water partition coefficient (Wildman–Crippen LogP) is 6.40. The Kier molecular flexibility index (Phi) is 9.69. The lowest BCUT2D eigenvalue weighted by atomic mass is 9.96. The summed E-state index contributed by atoms with van der Waals surface area (Å²) in [4.78, 5) is 0. The van der Waals surface area contributed by atoms with Gasteiger partial charge in [0, 0.05) is 13.0 Å². The molecule has 1 rings (SSSR count). The molecule has 134 valence electrons. The maximum Gasteiger partial charge on any atom is 0.247 e. The molecule has 0 bridgehead atoms. The summed E-state index contributed by atoms with van der Waals surface area (Å²) in [5.74, 6) is -1.15. The van der Waals surface area contributed by atoms with Crippen LogP contribution in [-0.2, 0) is 4.74 Å². The summed E-state index contributed by atoms with van der Waals surface area (Å²) in [6, 6.07) is 0. The largest absolute Gasteiger partial charge is 0.381 e. The summed E-state index contributed by atoms with van der Waals surface area (Å²) in [7, 11) is 0. The summed E-state index contributed by atoms with van der Waals surface area (Å²) in [6.45, 7) is 7.81. The average molecular weight is 328 g/mol. The van der Waals surface area contributed by atoms with Gasteiger partial charge in [0.2, 0.25) is 5.92 Å². The van der Waals surface area contributed by atoms with Crippen LogP contribution in [0.3, 0.4) is 0 Å². The molecule has 0 spiro atoms. The number of ether oxygens (including phenoxy) is 1. The Hall–Kier alpha value is -0.700. The number of unbranched alkanes of at least 4 members (excludes halogenated alkanes) is 4. The van der Waals surface area contributed by atoms with Crippen LogP contribution in [0.2, 0.25) is 0 Å². The van der Waals surface area contributed by atoms with Crippen molar-refractivity contribution in [2.24, 2.45) is 17.8 Å². The molecule has 0 aromatic rings. The molecule has 0 radical (unpaired) electrons. The molecule has 23 heavy (non-hydrogen) atoms. The molecule has 0 aromatic carbocycles. The number of hydrogen-bond acceptors (Lipinski definition) is 1. The van der Waals surface area contributed by atoms with E-state index in [1.54, 1.807) is 0 Å². The van der Waals surface area contributed by atoms with E-state index in [0.717, 1.165) is 26.2 Å². The van der Waals surface area contributed by atoms with Gasteiger partial charge in [0.25, 0.3) is 0 Å². The van der Waals surface area contributed by atoms with Crippen LogP contribution in [0.1, 0.15) is 65.2 Å². The van der Waals surface area contributed by atoms with Crippen LogP contribution in [0.4, 0.5) is 8.78 Å². The maximum atomic E-state index is 12.8. The fourth-order valence-electron chi connectivity index (χ4n) is 3.27. The van der Waals surface area contributed by atoms with Crippen molar-refractivity contribution in [3.05, 3.63) is 24.8 Å². The quantitative estimate of drug-likeness (QED) is 0.297. The molecule has 1 saturated carbocycles. The highest BCUT2D eigenvalue weighted by Gasteiger charge is 2.31. The molecular formula is C20H34F2O. The average Bonchev–Trinajstić information content (AvgIpc) is 2.89. The van der Waals surface area contributed by atoms with Gasteiger partial charge in [0.15, 0.2) is 0 Å². The van der Waals surface area contributed by atoms with E-state index in [-0.39, 0.29) is 13.0 Å².